The van der Waals surface area contributed by atoms with Crippen molar-refractivity contribution in [3.63, 3.8) is 0 Å². The Bertz CT molecular complexity index is 1140. The molecule has 2 aromatic carbocycles. The van der Waals surface area contributed by atoms with Gasteiger partial charge in [0.15, 0.2) is 0 Å². The Morgan fingerprint density at radius 1 is 1.03 bits per heavy atom. The Labute approximate surface area is 180 Å². The third kappa shape index (κ3) is 5.86. The van der Waals surface area contributed by atoms with E-state index in [0.717, 1.165) is 5.56 Å². The van der Waals surface area contributed by atoms with Crippen LogP contribution in [0.2, 0.25) is 0 Å². The molecule has 31 heavy (non-hydrogen) atoms. The first-order valence-corrected chi connectivity index (χ1v) is 10.7. The molecule has 0 aliphatic carbocycles. The Hall–Kier alpha value is -3.79. The van der Waals surface area contributed by atoms with E-state index in [-0.39, 0.29) is 10.6 Å². The van der Waals surface area contributed by atoms with Crippen LogP contribution in [-0.2, 0) is 16.6 Å². The average molecular weight is 442 g/mol. The van der Waals surface area contributed by atoms with Gasteiger partial charge in [0.1, 0.15) is 11.5 Å². The number of anilines is 2. The standard InChI is InChI=1S/C21H22N4O5S/c1-29-17-7-10-20(30-2)19(12-17)25-31(27,28)18-8-5-16(6-9-18)24-21(26)23-14-15-4-3-11-22-13-15/h3-13,25H,14H2,1-2H3,(H2,23,24,26). The maximum Gasteiger partial charge on any atom is 0.319 e. The minimum atomic E-state index is -3.88. The van der Waals surface area contributed by atoms with E-state index in [1.165, 1.54) is 44.6 Å². The van der Waals surface area contributed by atoms with E-state index in [4.69, 9.17) is 9.47 Å². The topological polar surface area (TPSA) is 119 Å². The van der Waals surface area contributed by atoms with E-state index in [9.17, 15) is 13.2 Å². The van der Waals surface area contributed by atoms with Crippen LogP contribution in [0.25, 0.3) is 0 Å². The van der Waals surface area contributed by atoms with Crippen molar-refractivity contribution in [2.45, 2.75) is 11.4 Å². The summed E-state index contributed by atoms with van der Waals surface area (Å²) in [4.78, 5) is 16.0. The van der Waals surface area contributed by atoms with Crippen molar-refractivity contribution in [1.29, 1.82) is 0 Å². The average Bonchev–Trinajstić information content (AvgIpc) is 2.78. The number of ether oxygens (including phenoxy) is 2. The number of nitrogens with zero attached hydrogens (tertiary/aromatic N) is 1. The van der Waals surface area contributed by atoms with Crippen molar-refractivity contribution in [3.05, 3.63) is 72.6 Å². The fourth-order valence-corrected chi connectivity index (χ4v) is 3.74. The van der Waals surface area contributed by atoms with Crippen LogP contribution in [0.3, 0.4) is 0 Å². The molecule has 0 aliphatic heterocycles. The number of benzene rings is 2. The highest BCUT2D eigenvalue weighted by atomic mass is 32.2. The maximum atomic E-state index is 12.7. The van der Waals surface area contributed by atoms with Crippen LogP contribution in [0, 0.1) is 0 Å². The highest BCUT2D eigenvalue weighted by Crippen LogP contribution is 2.31. The lowest BCUT2D eigenvalue weighted by atomic mass is 10.3. The van der Waals surface area contributed by atoms with Gasteiger partial charge in [0.25, 0.3) is 10.0 Å². The lowest BCUT2D eigenvalue weighted by Crippen LogP contribution is -2.28. The lowest BCUT2D eigenvalue weighted by molar-refractivity contribution is 0.251. The molecular weight excluding hydrogens is 420 g/mol. The molecule has 0 bridgehead atoms. The molecule has 3 N–H and O–H groups in total. The number of aromatic nitrogens is 1. The molecule has 0 atom stereocenters. The summed E-state index contributed by atoms with van der Waals surface area (Å²) in [6.07, 6.45) is 3.31. The van der Waals surface area contributed by atoms with Crippen molar-refractivity contribution in [3.8, 4) is 11.5 Å². The minimum Gasteiger partial charge on any atom is -0.497 e. The van der Waals surface area contributed by atoms with Gasteiger partial charge in [0.2, 0.25) is 0 Å². The number of nitrogens with one attached hydrogen (secondary N) is 3. The molecule has 0 spiro atoms. The first-order chi connectivity index (χ1) is 14.9. The SMILES string of the molecule is COc1ccc(OC)c(NS(=O)(=O)c2ccc(NC(=O)NCc3cccnc3)cc2)c1. The molecule has 0 radical (unpaired) electrons. The Morgan fingerprint density at radius 3 is 2.45 bits per heavy atom. The van der Waals surface area contributed by atoms with E-state index < -0.39 is 16.1 Å². The van der Waals surface area contributed by atoms with Gasteiger partial charge >= 0.3 is 6.03 Å². The first-order valence-electron chi connectivity index (χ1n) is 9.20. The molecule has 0 saturated carbocycles. The Balaban J connectivity index is 1.65. The Morgan fingerprint density at radius 2 is 1.81 bits per heavy atom. The van der Waals surface area contributed by atoms with Crippen molar-refractivity contribution in [2.24, 2.45) is 0 Å². The molecule has 162 valence electrons. The van der Waals surface area contributed by atoms with Crippen molar-refractivity contribution in [2.75, 3.05) is 24.3 Å². The van der Waals surface area contributed by atoms with Crippen LogP contribution in [0.5, 0.6) is 11.5 Å². The zero-order valence-electron chi connectivity index (χ0n) is 17.0. The fraction of sp³-hybridized carbons (Fsp3) is 0.143. The molecule has 0 saturated heterocycles. The molecule has 0 aliphatic rings. The first kappa shape index (κ1) is 21.9. The summed E-state index contributed by atoms with van der Waals surface area (Å²) >= 11 is 0. The lowest BCUT2D eigenvalue weighted by Gasteiger charge is -2.13. The van der Waals surface area contributed by atoms with Crippen molar-refractivity contribution >= 4 is 27.4 Å². The summed E-state index contributed by atoms with van der Waals surface area (Å²) in [6, 6.07) is 13.8. The summed E-state index contributed by atoms with van der Waals surface area (Å²) < 4.78 is 38.3. The predicted molar refractivity (Wildman–Crippen MR) is 117 cm³/mol. The smallest absolute Gasteiger partial charge is 0.319 e. The van der Waals surface area contributed by atoms with Gasteiger partial charge in [-0.05, 0) is 48.0 Å². The summed E-state index contributed by atoms with van der Waals surface area (Å²) in [5, 5.41) is 5.35. The van der Waals surface area contributed by atoms with Crippen LogP contribution in [0.1, 0.15) is 5.56 Å². The number of carbonyl (C=O) groups excluding carboxylic acids is 1. The van der Waals surface area contributed by atoms with E-state index in [1.807, 2.05) is 6.07 Å². The molecule has 1 aromatic heterocycles. The van der Waals surface area contributed by atoms with Gasteiger partial charge in [-0.2, -0.15) is 0 Å². The molecule has 3 rings (SSSR count). The van der Waals surface area contributed by atoms with E-state index in [2.05, 4.69) is 20.3 Å². The second-order valence-corrected chi connectivity index (χ2v) is 8.05. The second-order valence-electron chi connectivity index (χ2n) is 6.37. The molecule has 2 amide bonds. The normalized spacial score (nSPS) is 10.8. The van der Waals surface area contributed by atoms with E-state index >= 15 is 0 Å². The largest absolute Gasteiger partial charge is 0.497 e. The molecule has 1 heterocycles. The number of urea groups is 1. The van der Waals surface area contributed by atoms with Gasteiger partial charge in [0, 0.05) is 30.7 Å². The highest BCUT2D eigenvalue weighted by molar-refractivity contribution is 7.92. The zero-order chi connectivity index (χ0) is 22.3. The van der Waals surface area contributed by atoms with Crippen LogP contribution < -0.4 is 24.8 Å². The molecule has 0 fully saturated rings. The number of hydrogen-bond acceptors (Lipinski definition) is 6. The van der Waals surface area contributed by atoms with Gasteiger partial charge in [0.05, 0.1) is 24.8 Å². The maximum absolute atomic E-state index is 12.7. The number of sulfonamides is 1. The van der Waals surface area contributed by atoms with Crippen molar-refractivity contribution in [1.82, 2.24) is 10.3 Å². The summed E-state index contributed by atoms with van der Waals surface area (Å²) in [6.45, 7) is 0.318. The van der Waals surface area contributed by atoms with Crippen LogP contribution in [0.15, 0.2) is 71.9 Å². The molecular formula is C21H22N4O5S. The van der Waals surface area contributed by atoms with Crippen LogP contribution >= 0.6 is 0 Å². The molecule has 9 nitrogen and oxygen atoms in total. The molecule has 3 aromatic rings. The number of hydrogen-bond donors (Lipinski definition) is 3. The van der Waals surface area contributed by atoms with Gasteiger partial charge in [-0.3, -0.25) is 9.71 Å². The van der Waals surface area contributed by atoms with Gasteiger partial charge in [-0.15, -0.1) is 0 Å². The number of pyridine rings is 1. The van der Waals surface area contributed by atoms with Crippen molar-refractivity contribution < 1.29 is 22.7 Å². The van der Waals surface area contributed by atoms with Gasteiger partial charge in [-0.1, -0.05) is 6.07 Å². The van der Waals surface area contributed by atoms with E-state index in [0.29, 0.717) is 23.7 Å². The molecule has 10 heteroatoms. The monoisotopic (exact) mass is 442 g/mol. The Kier molecular flexibility index (Phi) is 6.93. The summed E-state index contributed by atoms with van der Waals surface area (Å²) in [7, 11) is -0.955. The second kappa shape index (κ2) is 9.81. The number of methoxy groups -OCH3 is 2. The minimum absolute atomic E-state index is 0.0266. The predicted octanol–water partition coefficient (Wildman–Crippen LogP) is 3.22. The summed E-state index contributed by atoms with van der Waals surface area (Å²) in [5.74, 6) is 0.836. The highest BCUT2D eigenvalue weighted by Gasteiger charge is 2.17. The van der Waals surface area contributed by atoms with Crippen LogP contribution in [0.4, 0.5) is 16.2 Å². The number of rotatable bonds is 8. The fourth-order valence-electron chi connectivity index (χ4n) is 2.68. The number of carbonyl (C=O) groups is 1. The molecule has 0 unspecified atom stereocenters. The van der Waals surface area contributed by atoms with Gasteiger partial charge < -0.3 is 20.1 Å². The third-order valence-electron chi connectivity index (χ3n) is 4.25. The summed E-state index contributed by atoms with van der Waals surface area (Å²) in [5.41, 5.74) is 1.55. The third-order valence-corrected chi connectivity index (χ3v) is 5.63. The van der Waals surface area contributed by atoms with E-state index in [1.54, 1.807) is 30.6 Å². The van der Waals surface area contributed by atoms with Crippen LogP contribution in [-0.4, -0.2) is 33.7 Å². The quantitative estimate of drug-likeness (QED) is 0.493. The zero-order valence-corrected chi connectivity index (χ0v) is 17.8. The van der Waals surface area contributed by atoms with Gasteiger partial charge in [-0.25, -0.2) is 13.2 Å². The number of amides is 2.